The molecule has 1 radical (unpaired) electrons. The number of rotatable bonds is 0. The van der Waals surface area contributed by atoms with E-state index < -0.39 is 0 Å². The first kappa shape index (κ1) is 22.6. The molecule has 0 aromatic carbocycles. The van der Waals surface area contributed by atoms with Crippen LogP contribution in [0.5, 0.6) is 0 Å². The molecule has 0 fully saturated rings. The van der Waals surface area contributed by atoms with Crippen LogP contribution in [-0.4, -0.2) is 34.7 Å². The molecule has 0 bridgehead atoms. The van der Waals surface area contributed by atoms with Crippen molar-refractivity contribution >= 4 is 19.4 Å². The molecule has 6 nitrogen and oxygen atoms in total. The Morgan fingerprint density at radius 1 is 0.700 bits per heavy atom. The van der Waals surface area contributed by atoms with Gasteiger partial charge in [-0.2, -0.15) is 0 Å². The fraction of sp³-hybridized carbons (Fsp3) is 0. The third-order valence-electron chi connectivity index (χ3n) is 0. The van der Waals surface area contributed by atoms with Crippen molar-refractivity contribution in [2.24, 2.45) is 0 Å². The first-order valence-electron chi connectivity index (χ1n) is 1.28. The van der Waals surface area contributed by atoms with Crippen molar-refractivity contribution in [1.82, 2.24) is 0 Å². The predicted molar refractivity (Wildman–Crippen MR) is 25.0 cm³/mol. The molecule has 0 unspecified atom stereocenters. The van der Waals surface area contributed by atoms with Crippen molar-refractivity contribution < 1.29 is 69.6 Å². The fourth-order valence-corrected chi connectivity index (χ4v) is 0. The molecule has 0 aliphatic carbocycles. The summed E-state index contributed by atoms with van der Waals surface area (Å²) in [5.74, 6) is 0. The Labute approximate surface area is 88.5 Å². The van der Waals surface area contributed by atoms with Gasteiger partial charge < -0.3 is 29.7 Å². The van der Waals surface area contributed by atoms with Gasteiger partial charge in [-0.05, 0) is 0 Å². The maximum Gasteiger partial charge on any atom is 3.00 e. The van der Waals surface area contributed by atoms with E-state index in [0.717, 1.165) is 0 Å². The summed E-state index contributed by atoms with van der Waals surface area (Å²) in [7, 11) is 0. The SMILES string of the molecule is O=[C-]O.O=[C-]O.O=[C-]O.[Gd+3]. The second-order valence-corrected chi connectivity index (χ2v) is 0.274. The summed E-state index contributed by atoms with van der Waals surface area (Å²) in [5, 5.41) is 20.3. The van der Waals surface area contributed by atoms with E-state index >= 15 is 0 Å². The van der Waals surface area contributed by atoms with E-state index in [9.17, 15) is 0 Å². The van der Waals surface area contributed by atoms with Crippen LogP contribution in [0.15, 0.2) is 0 Å². The Hall–Kier alpha value is -0.265. The molecule has 0 aromatic heterocycles. The molecule has 0 aromatic rings. The van der Waals surface area contributed by atoms with Gasteiger partial charge in [0.05, 0.1) is 0 Å². The molecule has 0 amide bonds. The van der Waals surface area contributed by atoms with Crippen molar-refractivity contribution in [3.63, 3.8) is 0 Å². The van der Waals surface area contributed by atoms with Crippen LogP contribution in [0.3, 0.4) is 0 Å². The molecule has 0 atom stereocenters. The Bertz CT molecular complexity index is 49.7. The maximum absolute atomic E-state index is 8.24. The van der Waals surface area contributed by atoms with Crippen molar-refractivity contribution in [3.05, 3.63) is 0 Å². The monoisotopic (exact) mass is 293 g/mol. The zero-order valence-electron chi connectivity index (χ0n) is 4.42. The van der Waals surface area contributed by atoms with Crippen molar-refractivity contribution in [3.8, 4) is 0 Å². The summed E-state index contributed by atoms with van der Waals surface area (Å²) >= 11 is 0. The molecule has 0 aliphatic heterocycles. The van der Waals surface area contributed by atoms with Crippen LogP contribution in [0.25, 0.3) is 0 Å². The standard InChI is InChI=1S/3CHO2.Gd/c3*2-1-3;/h3*(H,2,3);/q3*-1;+3. The number of hydrogen-bond acceptors (Lipinski definition) is 3. The zero-order chi connectivity index (χ0) is 8.12. The molecule has 3 N–H and O–H groups in total. The van der Waals surface area contributed by atoms with Crippen LogP contribution in [0.1, 0.15) is 0 Å². The fourth-order valence-electron chi connectivity index (χ4n) is 0. The van der Waals surface area contributed by atoms with Gasteiger partial charge in [0, 0.05) is 0 Å². The molecule has 7 heteroatoms. The Morgan fingerprint density at radius 3 is 0.700 bits per heavy atom. The van der Waals surface area contributed by atoms with Gasteiger partial charge in [-0.15, -0.1) is 0 Å². The average molecular weight is 292 g/mol. The van der Waals surface area contributed by atoms with Gasteiger partial charge in [0.2, 0.25) is 0 Å². The van der Waals surface area contributed by atoms with Crippen LogP contribution < -0.4 is 0 Å². The van der Waals surface area contributed by atoms with Gasteiger partial charge in [-0.3, -0.25) is 0 Å². The third-order valence-corrected chi connectivity index (χ3v) is 0. The molecular formula is C3H3GdO6. The average Bonchev–Trinajstić information content (AvgIpc) is 1.70. The molecule has 0 aliphatic rings. The Kier molecular flexibility index (Phi) is 158. The molecule has 0 rings (SSSR count). The van der Waals surface area contributed by atoms with E-state index in [1.807, 2.05) is 0 Å². The molecule has 0 spiro atoms. The molecular weight excluding hydrogens is 289 g/mol. The minimum Gasteiger partial charge on any atom is -0.665 e. The largest absolute Gasteiger partial charge is 3.00 e. The second-order valence-electron chi connectivity index (χ2n) is 0.274. The zero-order valence-corrected chi connectivity index (χ0v) is 6.69. The van der Waals surface area contributed by atoms with E-state index in [-0.39, 0.29) is 39.9 Å². The topological polar surface area (TPSA) is 112 Å². The number of hydrogen-bond donors (Lipinski definition) is 3. The molecule has 59 valence electrons. The van der Waals surface area contributed by atoms with E-state index in [1.54, 1.807) is 0 Å². The minimum atomic E-state index is 0. The van der Waals surface area contributed by atoms with E-state index in [2.05, 4.69) is 0 Å². The van der Waals surface area contributed by atoms with Crippen LogP contribution in [0, 0.1) is 39.9 Å². The second kappa shape index (κ2) is 69.9. The van der Waals surface area contributed by atoms with Gasteiger partial charge >= 0.3 is 39.9 Å². The molecule has 0 heterocycles. The van der Waals surface area contributed by atoms with Gasteiger partial charge in [-0.25, -0.2) is 0 Å². The summed E-state index contributed by atoms with van der Waals surface area (Å²) in [6.45, 7) is 1.50. The van der Waals surface area contributed by atoms with Gasteiger partial charge in [-0.1, -0.05) is 19.4 Å². The van der Waals surface area contributed by atoms with E-state index in [0.29, 0.717) is 19.4 Å². The Morgan fingerprint density at radius 2 is 0.700 bits per heavy atom. The van der Waals surface area contributed by atoms with E-state index in [1.165, 1.54) is 0 Å². The quantitative estimate of drug-likeness (QED) is 0.485. The summed E-state index contributed by atoms with van der Waals surface area (Å²) in [6.07, 6.45) is 0. The smallest absolute Gasteiger partial charge is 0.665 e. The van der Waals surface area contributed by atoms with Crippen LogP contribution in [-0.2, 0) is 14.4 Å². The predicted octanol–water partition coefficient (Wildman–Crippen LogP) is -1.17. The van der Waals surface area contributed by atoms with Crippen LogP contribution in [0.4, 0.5) is 0 Å². The maximum atomic E-state index is 8.24. The van der Waals surface area contributed by atoms with Gasteiger partial charge in [0.1, 0.15) is 0 Å². The van der Waals surface area contributed by atoms with Gasteiger partial charge in [0.15, 0.2) is 0 Å². The van der Waals surface area contributed by atoms with Crippen molar-refractivity contribution in [1.29, 1.82) is 0 Å². The van der Waals surface area contributed by atoms with E-state index in [4.69, 9.17) is 29.7 Å². The minimum absolute atomic E-state index is 0. The number of aliphatic hydroxyl groups excluding tert-OH is 3. The summed E-state index contributed by atoms with van der Waals surface area (Å²) in [5.41, 5.74) is 0. The van der Waals surface area contributed by atoms with Gasteiger partial charge in [0.25, 0.3) is 0 Å². The summed E-state index contributed by atoms with van der Waals surface area (Å²) in [6, 6.07) is 0. The van der Waals surface area contributed by atoms with Crippen molar-refractivity contribution in [2.75, 3.05) is 0 Å². The molecule has 10 heavy (non-hydrogen) atoms. The summed E-state index contributed by atoms with van der Waals surface area (Å²) < 4.78 is 0. The summed E-state index contributed by atoms with van der Waals surface area (Å²) in [4.78, 5) is 24.7. The first-order valence-corrected chi connectivity index (χ1v) is 1.28. The van der Waals surface area contributed by atoms with Crippen molar-refractivity contribution in [2.45, 2.75) is 0 Å². The third kappa shape index (κ3) is 4980. The molecule has 0 saturated heterocycles. The first-order chi connectivity index (χ1) is 4.24. The normalized spacial score (nSPS) is 3.60. The van der Waals surface area contributed by atoms with Crippen LogP contribution in [0.2, 0.25) is 0 Å². The Balaban J connectivity index is -0.0000000257. The van der Waals surface area contributed by atoms with Crippen LogP contribution >= 0.6 is 0 Å². The molecule has 0 saturated carbocycles.